The van der Waals surface area contributed by atoms with Crippen molar-refractivity contribution in [2.45, 2.75) is 40.2 Å². The van der Waals surface area contributed by atoms with Crippen LogP contribution in [0.5, 0.6) is 0 Å². The molecule has 142 valence electrons. The summed E-state index contributed by atoms with van der Waals surface area (Å²) in [7, 11) is 0. The predicted molar refractivity (Wildman–Crippen MR) is 105 cm³/mol. The smallest absolute Gasteiger partial charge is 0.317 e. The molecule has 0 bridgehead atoms. The van der Waals surface area contributed by atoms with Gasteiger partial charge in [0.05, 0.1) is 0 Å². The van der Waals surface area contributed by atoms with Gasteiger partial charge in [0.15, 0.2) is 5.13 Å². The summed E-state index contributed by atoms with van der Waals surface area (Å²) in [5.74, 6) is 0.629. The molecule has 0 radical (unpaired) electrons. The Balaban J connectivity index is 1.80. The summed E-state index contributed by atoms with van der Waals surface area (Å²) < 4.78 is 0. The van der Waals surface area contributed by atoms with Crippen LogP contribution < -0.4 is 10.2 Å². The predicted octanol–water partition coefficient (Wildman–Crippen LogP) is 2.73. The summed E-state index contributed by atoms with van der Waals surface area (Å²) in [5.41, 5.74) is 0. The van der Waals surface area contributed by atoms with Crippen LogP contribution in [0.25, 0.3) is 0 Å². The second-order valence-electron chi connectivity index (χ2n) is 6.98. The SMILES string of the molecule is CCN(CC)C(CNC(=O)N1CCN(c2nccs2)CC1)CC(C)C. The first-order valence-corrected chi connectivity index (χ1v) is 10.3. The van der Waals surface area contributed by atoms with E-state index in [2.05, 4.69) is 47.8 Å². The van der Waals surface area contributed by atoms with Gasteiger partial charge in [-0.05, 0) is 25.4 Å². The Morgan fingerprint density at radius 1 is 1.28 bits per heavy atom. The fourth-order valence-electron chi connectivity index (χ4n) is 3.44. The first-order valence-electron chi connectivity index (χ1n) is 9.46. The molecule has 1 aromatic rings. The molecule has 1 aliphatic rings. The molecule has 1 saturated heterocycles. The zero-order valence-corrected chi connectivity index (χ0v) is 16.9. The van der Waals surface area contributed by atoms with Gasteiger partial charge in [-0.25, -0.2) is 9.78 Å². The van der Waals surface area contributed by atoms with E-state index in [-0.39, 0.29) is 6.03 Å². The van der Waals surface area contributed by atoms with Crippen LogP contribution >= 0.6 is 11.3 Å². The molecule has 0 aromatic carbocycles. The molecule has 1 aromatic heterocycles. The standard InChI is InChI=1S/C18H33N5OS/c1-5-21(6-2)16(13-15(3)4)14-20-17(24)22-8-10-23(11-9-22)18-19-7-12-25-18/h7,12,15-16H,5-6,8-11,13-14H2,1-4H3,(H,20,24). The van der Waals surface area contributed by atoms with Gasteiger partial charge >= 0.3 is 6.03 Å². The number of carbonyl (C=O) groups is 1. The molecule has 1 aliphatic heterocycles. The minimum absolute atomic E-state index is 0.0692. The Kier molecular flexibility index (Phi) is 7.96. The maximum Gasteiger partial charge on any atom is 0.317 e. The van der Waals surface area contributed by atoms with Crippen LogP contribution in [0.1, 0.15) is 34.1 Å². The summed E-state index contributed by atoms with van der Waals surface area (Å²) in [4.78, 5) is 23.5. The van der Waals surface area contributed by atoms with Crippen LogP contribution in [-0.2, 0) is 0 Å². The molecular weight excluding hydrogens is 334 g/mol. The average molecular weight is 368 g/mol. The van der Waals surface area contributed by atoms with Crippen molar-refractivity contribution >= 4 is 22.5 Å². The number of carbonyl (C=O) groups excluding carboxylic acids is 1. The highest BCUT2D eigenvalue weighted by atomic mass is 32.1. The van der Waals surface area contributed by atoms with Crippen molar-refractivity contribution in [1.29, 1.82) is 0 Å². The van der Waals surface area contributed by atoms with Gasteiger partial charge in [-0.15, -0.1) is 11.3 Å². The molecule has 1 unspecified atom stereocenters. The number of thiazole rings is 1. The number of anilines is 1. The zero-order chi connectivity index (χ0) is 18.2. The largest absolute Gasteiger partial charge is 0.345 e. The van der Waals surface area contributed by atoms with Crippen LogP contribution in [0.15, 0.2) is 11.6 Å². The summed E-state index contributed by atoms with van der Waals surface area (Å²) in [6, 6.07) is 0.482. The van der Waals surface area contributed by atoms with E-state index in [9.17, 15) is 4.79 Å². The van der Waals surface area contributed by atoms with E-state index in [1.807, 2.05) is 16.5 Å². The Bertz CT molecular complexity index is 496. The van der Waals surface area contributed by atoms with E-state index < -0.39 is 0 Å². The number of hydrogen-bond donors (Lipinski definition) is 1. The quantitative estimate of drug-likeness (QED) is 0.768. The number of nitrogens with zero attached hydrogens (tertiary/aromatic N) is 4. The first-order chi connectivity index (χ1) is 12.0. The molecule has 2 rings (SSSR count). The van der Waals surface area contributed by atoms with Gasteiger partial charge in [0, 0.05) is 50.3 Å². The van der Waals surface area contributed by atoms with Crippen LogP contribution in [-0.4, -0.2) is 72.7 Å². The number of amides is 2. The maximum atomic E-state index is 12.5. The molecule has 1 N–H and O–H groups in total. The Morgan fingerprint density at radius 2 is 1.96 bits per heavy atom. The first kappa shape index (κ1) is 20.0. The fraction of sp³-hybridized carbons (Fsp3) is 0.778. The molecule has 2 heterocycles. The summed E-state index contributed by atoms with van der Waals surface area (Å²) in [6.07, 6.45) is 2.95. The second kappa shape index (κ2) is 9.97. The number of hydrogen-bond acceptors (Lipinski definition) is 5. The van der Waals surface area contributed by atoms with Crippen LogP contribution in [0.4, 0.5) is 9.93 Å². The summed E-state index contributed by atoms with van der Waals surface area (Å²) >= 11 is 1.66. The molecule has 6 nitrogen and oxygen atoms in total. The maximum absolute atomic E-state index is 12.5. The minimum Gasteiger partial charge on any atom is -0.345 e. The second-order valence-corrected chi connectivity index (χ2v) is 7.85. The third kappa shape index (κ3) is 5.85. The molecule has 1 atom stereocenters. The van der Waals surface area contributed by atoms with E-state index in [1.54, 1.807) is 11.3 Å². The van der Waals surface area contributed by atoms with Gasteiger partial charge in [0.25, 0.3) is 0 Å². The number of aromatic nitrogens is 1. The Morgan fingerprint density at radius 3 is 2.48 bits per heavy atom. The lowest BCUT2D eigenvalue weighted by molar-refractivity contribution is 0.169. The topological polar surface area (TPSA) is 51.7 Å². The number of urea groups is 1. The van der Waals surface area contributed by atoms with E-state index in [4.69, 9.17) is 0 Å². The molecular formula is C18H33N5OS. The normalized spacial score (nSPS) is 16.6. The monoisotopic (exact) mass is 367 g/mol. The highest BCUT2D eigenvalue weighted by molar-refractivity contribution is 7.13. The number of likely N-dealkylation sites (N-methyl/N-ethyl adjacent to an activating group) is 1. The zero-order valence-electron chi connectivity index (χ0n) is 16.1. The van der Waals surface area contributed by atoms with Crippen LogP contribution in [0.3, 0.4) is 0 Å². The van der Waals surface area contributed by atoms with Crippen molar-refractivity contribution in [1.82, 2.24) is 20.1 Å². The van der Waals surface area contributed by atoms with Crippen molar-refractivity contribution < 1.29 is 4.79 Å². The number of rotatable bonds is 8. The van der Waals surface area contributed by atoms with E-state index >= 15 is 0 Å². The van der Waals surface area contributed by atoms with E-state index in [0.29, 0.717) is 12.0 Å². The van der Waals surface area contributed by atoms with Gasteiger partial charge in [0.2, 0.25) is 0 Å². The summed E-state index contributed by atoms with van der Waals surface area (Å²) in [6.45, 7) is 14.9. The lowest BCUT2D eigenvalue weighted by Crippen LogP contribution is -2.54. The Hall–Kier alpha value is -1.34. The molecule has 2 amide bonds. The number of nitrogens with one attached hydrogen (secondary N) is 1. The fourth-order valence-corrected chi connectivity index (χ4v) is 4.13. The molecule has 0 aliphatic carbocycles. The van der Waals surface area contributed by atoms with Crippen molar-refractivity contribution in [3.8, 4) is 0 Å². The van der Waals surface area contributed by atoms with Gasteiger partial charge in [-0.2, -0.15) is 0 Å². The van der Waals surface area contributed by atoms with Crippen LogP contribution in [0.2, 0.25) is 0 Å². The molecule has 25 heavy (non-hydrogen) atoms. The van der Waals surface area contributed by atoms with Gasteiger partial charge in [-0.1, -0.05) is 27.7 Å². The van der Waals surface area contributed by atoms with Crippen LogP contribution in [0, 0.1) is 5.92 Å². The highest BCUT2D eigenvalue weighted by Crippen LogP contribution is 2.19. The van der Waals surface area contributed by atoms with Crippen molar-refractivity contribution in [3.05, 3.63) is 11.6 Å². The molecule has 1 fully saturated rings. The highest BCUT2D eigenvalue weighted by Gasteiger charge is 2.24. The molecule has 0 spiro atoms. The third-order valence-electron chi connectivity index (χ3n) is 4.82. The minimum atomic E-state index is 0.0692. The molecule has 0 saturated carbocycles. The summed E-state index contributed by atoms with van der Waals surface area (Å²) in [5, 5.41) is 6.22. The van der Waals surface area contributed by atoms with Crippen molar-refractivity contribution in [2.24, 2.45) is 5.92 Å². The van der Waals surface area contributed by atoms with E-state index in [1.165, 1.54) is 0 Å². The van der Waals surface area contributed by atoms with Gasteiger partial charge in [0.1, 0.15) is 0 Å². The molecule has 7 heteroatoms. The third-order valence-corrected chi connectivity index (χ3v) is 5.65. The average Bonchev–Trinajstić information content (AvgIpc) is 3.14. The number of piperazine rings is 1. The lowest BCUT2D eigenvalue weighted by Gasteiger charge is -2.36. The van der Waals surface area contributed by atoms with Gasteiger partial charge < -0.3 is 15.1 Å². The Labute approximate surface area is 156 Å². The van der Waals surface area contributed by atoms with Crippen molar-refractivity contribution in [2.75, 3.05) is 50.7 Å². The lowest BCUT2D eigenvalue weighted by atomic mass is 10.0. The van der Waals surface area contributed by atoms with E-state index in [0.717, 1.165) is 57.4 Å². The van der Waals surface area contributed by atoms with Crippen molar-refractivity contribution in [3.63, 3.8) is 0 Å². The van der Waals surface area contributed by atoms with Gasteiger partial charge in [-0.3, -0.25) is 4.90 Å².